The Balaban J connectivity index is 1.94. The van der Waals surface area contributed by atoms with Gasteiger partial charge in [-0.2, -0.15) is 0 Å². The van der Waals surface area contributed by atoms with E-state index in [4.69, 9.17) is 9.84 Å². The van der Waals surface area contributed by atoms with Gasteiger partial charge in [0.25, 0.3) is 0 Å². The van der Waals surface area contributed by atoms with Crippen LogP contribution >= 0.6 is 11.8 Å². The lowest BCUT2D eigenvalue weighted by molar-refractivity contribution is -0.141. The van der Waals surface area contributed by atoms with Crippen molar-refractivity contribution in [3.63, 3.8) is 0 Å². The predicted molar refractivity (Wildman–Crippen MR) is 94.2 cm³/mol. The summed E-state index contributed by atoms with van der Waals surface area (Å²) in [6.07, 6.45) is 3.67. The van der Waals surface area contributed by atoms with Crippen LogP contribution in [0.25, 0.3) is 0 Å². The van der Waals surface area contributed by atoms with Crippen molar-refractivity contribution in [3.05, 3.63) is 23.8 Å². The number of carboxylic acids is 1. The molecule has 0 aliphatic carbocycles. The molecule has 1 aromatic rings. The first-order valence-electron chi connectivity index (χ1n) is 7.99. The lowest BCUT2D eigenvalue weighted by atomic mass is 10.1. The molecule has 6 nitrogen and oxygen atoms in total. The highest BCUT2D eigenvalue weighted by molar-refractivity contribution is 8.14. The smallest absolute Gasteiger partial charge is 0.332 e. The molecular formula is C17H23NO5S. The van der Waals surface area contributed by atoms with Gasteiger partial charge in [-0.15, -0.1) is 11.8 Å². The molecule has 0 saturated heterocycles. The second-order valence-corrected chi connectivity index (χ2v) is 6.91. The molecule has 1 aliphatic rings. The predicted octanol–water partition coefficient (Wildman–Crippen LogP) is 2.66. The zero-order chi connectivity index (χ0) is 17.6. The summed E-state index contributed by atoms with van der Waals surface area (Å²) in [4.78, 5) is 15.5. The van der Waals surface area contributed by atoms with Gasteiger partial charge in [0.05, 0.1) is 6.61 Å². The van der Waals surface area contributed by atoms with Crippen molar-refractivity contribution in [2.24, 2.45) is 4.99 Å². The molecule has 1 aromatic carbocycles. The standard InChI is InChI=1S/C17H23NO5S/c1-17(16(21)22)11-24-15(18-17)13-7-6-12(10-14(13)20)23-9-5-3-2-4-8-19/h6-7,10,19-20H,2-5,8-9,11H2,1H3,(H,21,22)/t17-/m1/s1. The first-order chi connectivity index (χ1) is 11.5. The number of unbranched alkanes of at least 4 members (excludes halogenated alkanes) is 3. The number of hydrogen-bond acceptors (Lipinski definition) is 6. The summed E-state index contributed by atoms with van der Waals surface area (Å²) in [6, 6.07) is 4.99. The zero-order valence-electron chi connectivity index (χ0n) is 13.7. The minimum atomic E-state index is -1.14. The van der Waals surface area contributed by atoms with Crippen molar-refractivity contribution in [2.45, 2.75) is 38.1 Å². The van der Waals surface area contributed by atoms with Crippen molar-refractivity contribution >= 4 is 22.8 Å². The number of aliphatic imine (C=N–C) groups is 1. The van der Waals surface area contributed by atoms with E-state index in [1.54, 1.807) is 19.1 Å². The fourth-order valence-electron chi connectivity index (χ4n) is 2.28. The molecule has 0 amide bonds. The Morgan fingerprint density at radius 1 is 1.33 bits per heavy atom. The third-order valence-electron chi connectivity index (χ3n) is 3.82. The second kappa shape index (κ2) is 8.39. The van der Waals surface area contributed by atoms with E-state index in [1.807, 2.05) is 0 Å². The molecule has 132 valence electrons. The van der Waals surface area contributed by atoms with Gasteiger partial charge in [0.15, 0.2) is 5.54 Å². The highest BCUT2D eigenvalue weighted by atomic mass is 32.2. The van der Waals surface area contributed by atoms with Crippen LogP contribution in [0.1, 0.15) is 38.2 Å². The Kier molecular flexibility index (Phi) is 6.51. The number of aliphatic hydroxyl groups is 1. The topological polar surface area (TPSA) is 99.4 Å². The number of aromatic hydroxyl groups is 1. The van der Waals surface area contributed by atoms with Crippen molar-refractivity contribution < 1.29 is 24.9 Å². The third-order valence-corrected chi connectivity index (χ3v) is 5.11. The zero-order valence-corrected chi connectivity index (χ0v) is 14.5. The lowest BCUT2D eigenvalue weighted by Crippen LogP contribution is -2.33. The fourth-order valence-corrected chi connectivity index (χ4v) is 3.48. The third kappa shape index (κ3) is 4.64. The quantitative estimate of drug-likeness (QED) is 0.590. The molecule has 0 radical (unpaired) electrons. The molecule has 1 heterocycles. The van der Waals surface area contributed by atoms with Crippen LogP contribution in [0.2, 0.25) is 0 Å². The van der Waals surface area contributed by atoms with Gasteiger partial charge < -0.3 is 20.1 Å². The van der Waals surface area contributed by atoms with Gasteiger partial charge >= 0.3 is 5.97 Å². The minimum Gasteiger partial charge on any atom is -0.507 e. The van der Waals surface area contributed by atoms with Crippen molar-refractivity contribution in [3.8, 4) is 11.5 Å². The Bertz CT molecular complexity index is 619. The number of phenols is 1. The monoisotopic (exact) mass is 353 g/mol. The summed E-state index contributed by atoms with van der Waals surface area (Å²) in [6.45, 7) is 2.34. The maximum Gasteiger partial charge on any atom is 0.332 e. The molecule has 1 atom stereocenters. The normalized spacial score (nSPS) is 20.0. The number of aliphatic hydroxyl groups excluding tert-OH is 1. The van der Waals surface area contributed by atoms with E-state index in [0.29, 0.717) is 28.7 Å². The Hall–Kier alpha value is -1.73. The van der Waals surface area contributed by atoms with E-state index in [0.717, 1.165) is 25.7 Å². The number of thioether (sulfide) groups is 1. The Morgan fingerprint density at radius 2 is 2.08 bits per heavy atom. The summed E-state index contributed by atoms with van der Waals surface area (Å²) in [5.74, 6) is -0.00858. The Morgan fingerprint density at radius 3 is 2.71 bits per heavy atom. The fraction of sp³-hybridized carbons (Fsp3) is 0.529. The number of aliphatic carboxylic acids is 1. The highest BCUT2D eigenvalue weighted by Gasteiger charge is 2.38. The van der Waals surface area contributed by atoms with Gasteiger partial charge in [0.2, 0.25) is 0 Å². The van der Waals surface area contributed by atoms with Crippen LogP contribution in [0, 0.1) is 0 Å². The molecule has 0 saturated carbocycles. The average molecular weight is 353 g/mol. The van der Waals surface area contributed by atoms with Crippen molar-refractivity contribution in [2.75, 3.05) is 19.0 Å². The number of nitrogens with zero attached hydrogens (tertiary/aromatic N) is 1. The minimum absolute atomic E-state index is 0.0358. The van der Waals surface area contributed by atoms with E-state index in [1.165, 1.54) is 17.8 Å². The van der Waals surface area contributed by atoms with Gasteiger partial charge in [-0.3, -0.25) is 4.99 Å². The van der Waals surface area contributed by atoms with E-state index < -0.39 is 11.5 Å². The largest absolute Gasteiger partial charge is 0.507 e. The number of rotatable bonds is 9. The molecule has 0 aromatic heterocycles. The second-order valence-electron chi connectivity index (χ2n) is 5.95. The maximum absolute atomic E-state index is 11.2. The first kappa shape index (κ1) is 18.6. The molecule has 0 spiro atoms. The van der Waals surface area contributed by atoms with Gasteiger partial charge in [0.1, 0.15) is 16.5 Å². The van der Waals surface area contributed by atoms with Crippen LogP contribution in [0.4, 0.5) is 0 Å². The summed E-state index contributed by atoms with van der Waals surface area (Å²) in [5, 5.41) is 28.6. The molecule has 0 unspecified atom stereocenters. The van der Waals surface area contributed by atoms with Crippen molar-refractivity contribution in [1.29, 1.82) is 0 Å². The molecule has 2 rings (SSSR count). The number of phenolic OH excluding ortho intramolecular Hbond substituents is 1. The number of hydrogen-bond donors (Lipinski definition) is 3. The molecule has 1 aliphatic heterocycles. The van der Waals surface area contributed by atoms with Crippen LogP contribution in [0.15, 0.2) is 23.2 Å². The highest BCUT2D eigenvalue weighted by Crippen LogP contribution is 2.35. The van der Waals surface area contributed by atoms with Crippen LogP contribution < -0.4 is 4.74 Å². The number of ether oxygens (including phenoxy) is 1. The van der Waals surface area contributed by atoms with Gasteiger partial charge in [0, 0.05) is 24.0 Å². The lowest BCUT2D eigenvalue weighted by Gasteiger charge is -2.11. The molecule has 24 heavy (non-hydrogen) atoms. The SMILES string of the molecule is C[C@]1(C(=O)O)CSC(c2ccc(OCCCCCCO)cc2O)=N1. The number of carbonyl (C=O) groups is 1. The first-order valence-corrected chi connectivity index (χ1v) is 8.98. The number of benzene rings is 1. The van der Waals surface area contributed by atoms with E-state index in [-0.39, 0.29) is 12.4 Å². The van der Waals surface area contributed by atoms with E-state index in [2.05, 4.69) is 4.99 Å². The maximum atomic E-state index is 11.2. The van der Waals surface area contributed by atoms with Gasteiger partial charge in [-0.25, -0.2) is 4.79 Å². The summed E-state index contributed by atoms with van der Waals surface area (Å²) >= 11 is 1.33. The van der Waals surface area contributed by atoms with Crippen LogP contribution in [-0.4, -0.2) is 50.8 Å². The summed E-state index contributed by atoms with van der Waals surface area (Å²) in [5.41, 5.74) is -0.615. The average Bonchev–Trinajstić information content (AvgIpc) is 2.94. The Labute approximate surface area is 145 Å². The van der Waals surface area contributed by atoms with Crippen LogP contribution in [0.3, 0.4) is 0 Å². The molecular weight excluding hydrogens is 330 g/mol. The van der Waals surface area contributed by atoms with Crippen molar-refractivity contribution in [1.82, 2.24) is 0 Å². The van der Waals surface area contributed by atoms with E-state index >= 15 is 0 Å². The summed E-state index contributed by atoms with van der Waals surface area (Å²) in [7, 11) is 0. The molecule has 7 heteroatoms. The van der Waals surface area contributed by atoms with Crippen LogP contribution in [-0.2, 0) is 4.79 Å². The molecule has 3 N–H and O–H groups in total. The molecule has 0 bridgehead atoms. The van der Waals surface area contributed by atoms with Gasteiger partial charge in [-0.1, -0.05) is 6.42 Å². The van der Waals surface area contributed by atoms with Crippen LogP contribution in [0.5, 0.6) is 11.5 Å². The van der Waals surface area contributed by atoms with Gasteiger partial charge in [-0.05, 0) is 38.3 Å². The van der Waals surface area contributed by atoms with E-state index in [9.17, 15) is 15.0 Å². The summed E-state index contributed by atoms with van der Waals surface area (Å²) < 4.78 is 5.60. The number of carboxylic acid groups (broad SMARTS) is 1. The molecule has 0 fully saturated rings.